The van der Waals surface area contributed by atoms with Crippen molar-refractivity contribution in [2.75, 3.05) is 20.1 Å². The summed E-state index contributed by atoms with van der Waals surface area (Å²) >= 11 is 9.09. The van der Waals surface area contributed by atoms with Crippen LogP contribution in [0.25, 0.3) is 0 Å². The van der Waals surface area contributed by atoms with Gasteiger partial charge in [-0.05, 0) is 34.1 Å². The standard InChI is InChI=1S/C10H12BrClN2O/c1-14(5-4-13)10(15)8-3-2-7(12)6-9(8)11/h2-3,6H,4-5,13H2,1H3. The molecule has 1 aromatic rings. The van der Waals surface area contributed by atoms with Gasteiger partial charge in [-0.15, -0.1) is 0 Å². The first-order chi connectivity index (χ1) is 7.06. The molecule has 1 aromatic carbocycles. The molecule has 0 bridgehead atoms. The zero-order chi connectivity index (χ0) is 11.4. The maximum absolute atomic E-state index is 11.9. The fraction of sp³-hybridized carbons (Fsp3) is 0.300. The number of nitrogens with zero attached hydrogens (tertiary/aromatic N) is 1. The highest BCUT2D eigenvalue weighted by molar-refractivity contribution is 9.10. The minimum absolute atomic E-state index is 0.0657. The first-order valence-corrected chi connectivity index (χ1v) is 5.64. The van der Waals surface area contributed by atoms with Crippen LogP contribution in [0.1, 0.15) is 10.4 Å². The van der Waals surface area contributed by atoms with Gasteiger partial charge in [-0.3, -0.25) is 4.79 Å². The van der Waals surface area contributed by atoms with Gasteiger partial charge in [-0.2, -0.15) is 0 Å². The van der Waals surface area contributed by atoms with Crippen LogP contribution < -0.4 is 5.73 Å². The zero-order valence-corrected chi connectivity index (χ0v) is 10.7. The Balaban J connectivity index is 2.91. The van der Waals surface area contributed by atoms with E-state index in [0.717, 1.165) is 0 Å². The lowest BCUT2D eigenvalue weighted by atomic mass is 10.2. The first kappa shape index (κ1) is 12.5. The highest BCUT2D eigenvalue weighted by Crippen LogP contribution is 2.22. The van der Waals surface area contributed by atoms with Crippen molar-refractivity contribution in [3.05, 3.63) is 33.3 Å². The van der Waals surface area contributed by atoms with Crippen LogP contribution in [0.15, 0.2) is 22.7 Å². The van der Waals surface area contributed by atoms with Gasteiger partial charge in [0.25, 0.3) is 5.91 Å². The molecule has 82 valence electrons. The minimum Gasteiger partial charge on any atom is -0.340 e. The van der Waals surface area contributed by atoms with Crippen molar-refractivity contribution in [3.63, 3.8) is 0 Å². The van der Waals surface area contributed by atoms with E-state index in [4.69, 9.17) is 17.3 Å². The number of nitrogens with two attached hydrogens (primary N) is 1. The van der Waals surface area contributed by atoms with Gasteiger partial charge in [0.05, 0.1) is 5.56 Å². The van der Waals surface area contributed by atoms with Gasteiger partial charge in [-0.1, -0.05) is 11.6 Å². The van der Waals surface area contributed by atoms with Crippen LogP contribution in [0.5, 0.6) is 0 Å². The number of likely N-dealkylation sites (N-methyl/N-ethyl adjacent to an activating group) is 1. The first-order valence-electron chi connectivity index (χ1n) is 4.47. The Labute approximate surface area is 102 Å². The molecule has 0 saturated heterocycles. The fourth-order valence-corrected chi connectivity index (χ4v) is 2.02. The van der Waals surface area contributed by atoms with Crippen LogP contribution in [0.2, 0.25) is 5.02 Å². The topological polar surface area (TPSA) is 46.3 Å². The van der Waals surface area contributed by atoms with Crippen molar-refractivity contribution in [1.29, 1.82) is 0 Å². The maximum Gasteiger partial charge on any atom is 0.254 e. The summed E-state index contributed by atoms with van der Waals surface area (Å²) in [7, 11) is 1.72. The lowest BCUT2D eigenvalue weighted by molar-refractivity contribution is 0.0798. The van der Waals surface area contributed by atoms with Crippen molar-refractivity contribution < 1.29 is 4.79 Å². The third-order valence-electron chi connectivity index (χ3n) is 1.97. The Morgan fingerprint density at radius 2 is 2.27 bits per heavy atom. The summed E-state index contributed by atoms with van der Waals surface area (Å²) in [5.41, 5.74) is 5.97. The smallest absolute Gasteiger partial charge is 0.254 e. The number of rotatable bonds is 3. The minimum atomic E-state index is -0.0657. The van der Waals surface area contributed by atoms with Gasteiger partial charge in [0.1, 0.15) is 0 Å². The molecular weight excluding hydrogens is 279 g/mol. The number of hydrogen-bond acceptors (Lipinski definition) is 2. The van der Waals surface area contributed by atoms with E-state index in [1.54, 1.807) is 30.1 Å². The van der Waals surface area contributed by atoms with Crippen LogP contribution in [-0.4, -0.2) is 30.9 Å². The molecule has 0 aliphatic carbocycles. The number of carbonyl (C=O) groups excluding carboxylic acids is 1. The van der Waals surface area contributed by atoms with E-state index in [1.807, 2.05) is 0 Å². The third-order valence-corrected chi connectivity index (χ3v) is 2.86. The molecule has 0 aliphatic heterocycles. The second-order valence-electron chi connectivity index (χ2n) is 3.14. The van der Waals surface area contributed by atoms with Crippen molar-refractivity contribution in [2.45, 2.75) is 0 Å². The number of benzene rings is 1. The maximum atomic E-state index is 11.9. The van der Waals surface area contributed by atoms with Crippen LogP contribution in [0, 0.1) is 0 Å². The monoisotopic (exact) mass is 290 g/mol. The van der Waals surface area contributed by atoms with Gasteiger partial charge in [0.15, 0.2) is 0 Å². The van der Waals surface area contributed by atoms with Crippen molar-refractivity contribution in [1.82, 2.24) is 4.90 Å². The average molecular weight is 292 g/mol. The number of carbonyl (C=O) groups is 1. The molecule has 0 heterocycles. The number of halogens is 2. The molecule has 1 amide bonds. The summed E-state index contributed by atoms with van der Waals surface area (Å²) in [5.74, 6) is -0.0657. The summed E-state index contributed by atoms with van der Waals surface area (Å²) in [6.07, 6.45) is 0. The Morgan fingerprint density at radius 1 is 1.60 bits per heavy atom. The molecule has 0 radical (unpaired) electrons. The molecule has 0 fully saturated rings. The zero-order valence-electron chi connectivity index (χ0n) is 8.34. The summed E-state index contributed by atoms with van der Waals surface area (Å²) in [6, 6.07) is 5.09. The highest BCUT2D eigenvalue weighted by atomic mass is 79.9. The quantitative estimate of drug-likeness (QED) is 0.927. The fourth-order valence-electron chi connectivity index (χ4n) is 1.16. The molecule has 0 aliphatic rings. The Bertz CT molecular complexity index is 370. The molecule has 0 atom stereocenters. The van der Waals surface area contributed by atoms with Gasteiger partial charge in [0, 0.05) is 29.6 Å². The Kier molecular flexibility index (Phi) is 4.57. The van der Waals surface area contributed by atoms with Crippen molar-refractivity contribution in [2.24, 2.45) is 5.73 Å². The molecule has 0 spiro atoms. The molecule has 1 rings (SSSR count). The van der Waals surface area contributed by atoms with Gasteiger partial charge >= 0.3 is 0 Å². The normalized spacial score (nSPS) is 10.1. The number of hydrogen-bond donors (Lipinski definition) is 1. The van der Waals surface area contributed by atoms with E-state index in [9.17, 15) is 4.79 Å². The SMILES string of the molecule is CN(CCN)C(=O)c1ccc(Cl)cc1Br. The van der Waals surface area contributed by atoms with Crippen LogP contribution in [0.3, 0.4) is 0 Å². The largest absolute Gasteiger partial charge is 0.340 e. The van der Waals surface area contributed by atoms with Crippen molar-refractivity contribution in [3.8, 4) is 0 Å². The van der Waals surface area contributed by atoms with E-state index in [0.29, 0.717) is 28.1 Å². The van der Waals surface area contributed by atoms with Gasteiger partial charge in [-0.25, -0.2) is 0 Å². The molecule has 5 heteroatoms. The molecule has 0 aromatic heterocycles. The van der Waals surface area contributed by atoms with E-state index >= 15 is 0 Å². The molecule has 3 nitrogen and oxygen atoms in total. The second-order valence-corrected chi connectivity index (χ2v) is 4.43. The van der Waals surface area contributed by atoms with E-state index in [1.165, 1.54) is 0 Å². The summed E-state index contributed by atoms with van der Waals surface area (Å²) in [6.45, 7) is 0.987. The lowest BCUT2D eigenvalue weighted by Crippen LogP contribution is -2.31. The predicted molar refractivity (Wildman–Crippen MR) is 65.2 cm³/mol. The second kappa shape index (κ2) is 5.49. The third kappa shape index (κ3) is 3.19. The molecule has 0 saturated carbocycles. The van der Waals surface area contributed by atoms with Crippen molar-refractivity contribution >= 4 is 33.4 Å². The van der Waals surface area contributed by atoms with Gasteiger partial charge in [0.2, 0.25) is 0 Å². The predicted octanol–water partition coefficient (Wildman–Crippen LogP) is 2.13. The van der Waals surface area contributed by atoms with Crippen LogP contribution in [-0.2, 0) is 0 Å². The van der Waals surface area contributed by atoms with Crippen LogP contribution in [0.4, 0.5) is 0 Å². The molecule has 15 heavy (non-hydrogen) atoms. The summed E-state index contributed by atoms with van der Waals surface area (Å²) in [5, 5.41) is 0.597. The lowest BCUT2D eigenvalue weighted by Gasteiger charge is -2.16. The Morgan fingerprint density at radius 3 is 2.80 bits per heavy atom. The summed E-state index contributed by atoms with van der Waals surface area (Å²) < 4.78 is 0.698. The number of amides is 1. The summed E-state index contributed by atoms with van der Waals surface area (Å²) in [4.78, 5) is 13.4. The molecule has 0 unspecified atom stereocenters. The van der Waals surface area contributed by atoms with E-state index in [-0.39, 0.29) is 5.91 Å². The molecular formula is C10H12BrClN2O. The highest BCUT2D eigenvalue weighted by Gasteiger charge is 2.13. The van der Waals surface area contributed by atoms with E-state index in [2.05, 4.69) is 15.9 Å². The van der Waals surface area contributed by atoms with E-state index < -0.39 is 0 Å². The van der Waals surface area contributed by atoms with Gasteiger partial charge < -0.3 is 10.6 Å². The molecule has 2 N–H and O–H groups in total. The average Bonchev–Trinajstić information content (AvgIpc) is 2.17. The Hall–Kier alpha value is -0.580. The van der Waals surface area contributed by atoms with Crippen LogP contribution >= 0.6 is 27.5 Å².